The van der Waals surface area contributed by atoms with Crippen LogP contribution in [-0.4, -0.2) is 86.8 Å². The van der Waals surface area contributed by atoms with E-state index in [1.807, 2.05) is 69.2 Å². The van der Waals surface area contributed by atoms with Gasteiger partial charge >= 0.3 is 5.97 Å². The number of hydrogen-bond acceptors (Lipinski definition) is 7. The number of likely N-dealkylation sites (N-methyl/N-ethyl adjacent to an activating group) is 2. The van der Waals surface area contributed by atoms with Crippen LogP contribution in [0.3, 0.4) is 0 Å². The topological polar surface area (TPSA) is 163 Å². The molecule has 270 valence electrons. The summed E-state index contributed by atoms with van der Waals surface area (Å²) in [5.41, 5.74) is 0. The lowest BCUT2D eigenvalue weighted by atomic mass is 9.97. The van der Waals surface area contributed by atoms with E-state index in [1.165, 1.54) is 12.0 Å². The zero-order valence-corrected chi connectivity index (χ0v) is 31.6. The monoisotopic (exact) mass is 658 g/mol. The van der Waals surface area contributed by atoms with Crippen LogP contribution in [0.5, 0.6) is 0 Å². The molecule has 0 aromatic heterocycles. The average Bonchev–Trinajstić information content (AvgIpc) is 3.02. The Kier molecular flexibility index (Phi) is 25.6. The van der Waals surface area contributed by atoms with E-state index in [4.69, 9.17) is 0 Å². The van der Waals surface area contributed by atoms with Crippen molar-refractivity contribution in [2.45, 2.75) is 120 Å². The molecule has 0 saturated carbocycles. The summed E-state index contributed by atoms with van der Waals surface area (Å²) < 4.78 is 4.66. The summed E-state index contributed by atoms with van der Waals surface area (Å²) in [4.78, 5) is 71.0. The van der Waals surface area contributed by atoms with Crippen molar-refractivity contribution in [3.63, 3.8) is 0 Å². The van der Waals surface area contributed by atoms with Gasteiger partial charge in [0.1, 0.15) is 18.1 Å². The first-order chi connectivity index (χ1) is 21.2. The Balaban J connectivity index is -0.000000603. The molecule has 0 unspecified atom stereocenters. The van der Waals surface area contributed by atoms with E-state index >= 15 is 0 Å². The number of methoxy groups -OCH3 is 1. The average molecular weight is 658 g/mol. The second-order valence-electron chi connectivity index (χ2n) is 12.9. The molecular formula is C34H67N5O7. The maximum Gasteiger partial charge on any atom is 0.328 e. The molecule has 0 spiro atoms. The summed E-state index contributed by atoms with van der Waals surface area (Å²) in [6.07, 6.45) is 2.54. The van der Waals surface area contributed by atoms with E-state index in [-0.39, 0.29) is 71.0 Å². The van der Waals surface area contributed by atoms with Gasteiger partial charge in [0.05, 0.1) is 7.11 Å². The number of hydrogen-bond donors (Lipinski definition) is 4. The molecule has 0 saturated heterocycles. The van der Waals surface area contributed by atoms with Crippen molar-refractivity contribution >= 4 is 35.5 Å². The van der Waals surface area contributed by atoms with Gasteiger partial charge in [0.25, 0.3) is 0 Å². The SMILES string of the molecule is CC[C@H](C)[C@H](NC(=O)C(C)C)C(=O)N(C)C.CC[C@H](C)[C@H](NC(=O)C(C)C)C(=O)NC.CC[C@H](C)[C@H](NC(=O)C(C)C)C(=O)OC. The molecule has 12 nitrogen and oxygen atoms in total. The summed E-state index contributed by atoms with van der Waals surface area (Å²) in [6, 6.07) is -1.36. The molecule has 0 radical (unpaired) electrons. The summed E-state index contributed by atoms with van der Waals surface area (Å²) in [7, 11) is 6.33. The van der Waals surface area contributed by atoms with Crippen LogP contribution in [-0.2, 0) is 33.5 Å². The van der Waals surface area contributed by atoms with Crippen LogP contribution in [0.1, 0.15) is 102 Å². The fourth-order valence-electron chi connectivity index (χ4n) is 3.57. The second-order valence-corrected chi connectivity index (χ2v) is 12.9. The minimum atomic E-state index is -0.533. The summed E-state index contributed by atoms with van der Waals surface area (Å²) in [6.45, 7) is 22.7. The quantitative estimate of drug-likeness (QED) is 0.196. The first-order valence-electron chi connectivity index (χ1n) is 16.6. The van der Waals surface area contributed by atoms with Crippen LogP contribution in [0.15, 0.2) is 0 Å². The molecule has 0 aliphatic carbocycles. The molecule has 0 aromatic carbocycles. The molecule has 0 fully saturated rings. The van der Waals surface area contributed by atoms with Crippen molar-refractivity contribution in [2.75, 3.05) is 28.3 Å². The Morgan fingerprint density at radius 1 is 0.543 bits per heavy atom. The Bertz CT molecular complexity index is 889. The summed E-state index contributed by atoms with van der Waals surface area (Å²) in [5, 5.41) is 10.9. The van der Waals surface area contributed by atoms with Crippen LogP contribution in [0, 0.1) is 35.5 Å². The van der Waals surface area contributed by atoms with Gasteiger partial charge in [0.2, 0.25) is 29.5 Å². The van der Waals surface area contributed by atoms with Gasteiger partial charge in [-0.05, 0) is 17.8 Å². The highest BCUT2D eigenvalue weighted by Gasteiger charge is 2.29. The highest BCUT2D eigenvalue weighted by atomic mass is 16.5. The van der Waals surface area contributed by atoms with E-state index < -0.39 is 18.1 Å². The van der Waals surface area contributed by atoms with Crippen molar-refractivity contribution in [3.05, 3.63) is 0 Å². The van der Waals surface area contributed by atoms with Crippen LogP contribution in [0.25, 0.3) is 0 Å². The fraction of sp³-hybridized carbons (Fsp3) is 0.824. The van der Waals surface area contributed by atoms with E-state index in [1.54, 1.807) is 35.0 Å². The zero-order valence-electron chi connectivity index (χ0n) is 31.6. The minimum absolute atomic E-state index is 0.0386. The van der Waals surface area contributed by atoms with Crippen molar-refractivity contribution in [1.29, 1.82) is 0 Å². The minimum Gasteiger partial charge on any atom is -0.467 e. The highest BCUT2D eigenvalue weighted by molar-refractivity contribution is 5.89. The molecule has 0 bridgehead atoms. The van der Waals surface area contributed by atoms with Crippen molar-refractivity contribution in [2.24, 2.45) is 35.5 Å². The molecule has 46 heavy (non-hydrogen) atoms. The lowest BCUT2D eigenvalue weighted by Gasteiger charge is -2.26. The van der Waals surface area contributed by atoms with E-state index in [0.29, 0.717) is 0 Å². The molecule has 6 atom stereocenters. The van der Waals surface area contributed by atoms with Crippen molar-refractivity contribution < 1.29 is 33.5 Å². The predicted molar refractivity (Wildman–Crippen MR) is 183 cm³/mol. The number of nitrogens with one attached hydrogen (secondary N) is 4. The molecule has 0 aromatic rings. The first-order valence-corrected chi connectivity index (χ1v) is 16.6. The Hall–Kier alpha value is -3.18. The summed E-state index contributed by atoms with van der Waals surface area (Å²) in [5.74, 6) is -0.746. The van der Waals surface area contributed by atoms with E-state index in [0.717, 1.165) is 19.3 Å². The zero-order chi connectivity index (χ0) is 36.9. The van der Waals surface area contributed by atoms with Crippen LogP contribution < -0.4 is 21.3 Å². The standard InChI is InChI=1S/C12H24N2O2.C11H22N2O2.C11H21NO3/c1-7-9(4)10(12(16)14(5)6)13-11(15)8(2)3;1-6-8(4)9(11(15)12-5)13-10(14)7(2)3;1-6-8(4)9(11(14)15-5)12-10(13)7(2)3/h8-10H,7H2,1-6H3,(H,13,15);7-9H,6H2,1-5H3,(H,12,15)(H,13,14);7-9H,6H2,1-5H3,(H,12,13)/t9-,10-;2*8-,9-/m000/s1. The smallest absolute Gasteiger partial charge is 0.328 e. The maximum atomic E-state index is 11.9. The maximum absolute atomic E-state index is 11.9. The molecule has 0 aliphatic heterocycles. The van der Waals surface area contributed by atoms with Gasteiger partial charge in [0, 0.05) is 38.9 Å². The Morgan fingerprint density at radius 3 is 1.13 bits per heavy atom. The number of nitrogens with zero attached hydrogens (tertiary/aromatic N) is 1. The number of carbonyl (C=O) groups is 6. The number of amides is 5. The largest absolute Gasteiger partial charge is 0.467 e. The van der Waals surface area contributed by atoms with Gasteiger partial charge in [-0.1, -0.05) is 102 Å². The number of esters is 1. The predicted octanol–water partition coefficient (Wildman–Crippen LogP) is 3.53. The van der Waals surface area contributed by atoms with Crippen molar-refractivity contribution in [1.82, 2.24) is 26.2 Å². The van der Waals surface area contributed by atoms with Crippen LogP contribution in [0.2, 0.25) is 0 Å². The Morgan fingerprint density at radius 2 is 0.848 bits per heavy atom. The molecule has 5 amide bonds. The molecule has 0 heterocycles. The molecular weight excluding hydrogens is 590 g/mol. The molecule has 12 heteroatoms. The van der Waals surface area contributed by atoms with Gasteiger partial charge < -0.3 is 30.9 Å². The third-order valence-electron chi connectivity index (χ3n) is 7.80. The Labute approximate surface area is 279 Å². The highest BCUT2D eigenvalue weighted by Crippen LogP contribution is 2.12. The fourth-order valence-corrected chi connectivity index (χ4v) is 3.57. The summed E-state index contributed by atoms with van der Waals surface area (Å²) >= 11 is 0. The number of carbonyl (C=O) groups excluding carboxylic acids is 6. The van der Waals surface area contributed by atoms with Gasteiger partial charge in [0.15, 0.2) is 0 Å². The number of ether oxygens (including phenoxy) is 1. The van der Waals surface area contributed by atoms with Gasteiger partial charge in [-0.2, -0.15) is 0 Å². The van der Waals surface area contributed by atoms with Gasteiger partial charge in [-0.25, -0.2) is 4.79 Å². The van der Waals surface area contributed by atoms with Gasteiger partial charge in [-0.15, -0.1) is 0 Å². The number of rotatable bonds is 15. The van der Waals surface area contributed by atoms with Crippen LogP contribution in [0.4, 0.5) is 0 Å². The molecule has 4 N–H and O–H groups in total. The molecule has 0 rings (SSSR count). The lowest BCUT2D eigenvalue weighted by Crippen LogP contribution is -2.50. The normalized spacial score (nSPS) is 14.5. The van der Waals surface area contributed by atoms with E-state index in [9.17, 15) is 28.8 Å². The third-order valence-corrected chi connectivity index (χ3v) is 7.80. The second kappa shape index (κ2) is 25.0. The third kappa shape index (κ3) is 18.7. The van der Waals surface area contributed by atoms with Crippen molar-refractivity contribution in [3.8, 4) is 0 Å². The van der Waals surface area contributed by atoms with Gasteiger partial charge in [-0.3, -0.25) is 24.0 Å². The lowest BCUT2D eigenvalue weighted by molar-refractivity contribution is -0.147. The molecule has 0 aliphatic rings. The van der Waals surface area contributed by atoms with Crippen LogP contribution >= 0.6 is 0 Å². The first kappa shape index (κ1) is 47.2. The van der Waals surface area contributed by atoms with E-state index in [2.05, 4.69) is 26.0 Å².